The number of pyridine rings is 1. The smallest absolute Gasteiger partial charge is 0.137 e. The summed E-state index contributed by atoms with van der Waals surface area (Å²) in [7, 11) is 0. The van der Waals surface area contributed by atoms with Crippen LogP contribution in [0.1, 0.15) is 17.4 Å². The second-order valence-electron chi connectivity index (χ2n) is 5.19. The minimum atomic E-state index is -0.609. The Morgan fingerprint density at radius 1 is 1.20 bits per heavy atom. The van der Waals surface area contributed by atoms with Crippen molar-refractivity contribution in [2.75, 3.05) is 5.32 Å². The third-order valence-corrected chi connectivity index (χ3v) is 3.86. The highest BCUT2D eigenvalue weighted by molar-refractivity contribution is 5.57. The Hall–Kier alpha value is -2.33. The molecule has 2 aromatic heterocycles. The zero-order chi connectivity index (χ0) is 13.5. The molecule has 1 aliphatic rings. The van der Waals surface area contributed by atoms with E-state index in [1.54, 1.807) is 0 Å². The number of hydrogen-bond acceptors (Lipinski definition) is 3. The quantitative estimate of drug-likeness (QED) is 0.748. The Bertz CT molecular complexity index is 707. The van der Waals surface area contributed by atoms with E-state index in [-0.39, 0.29) is 6.04 Å². The fourth-order valence-corrected chi connectivity index (χ4v) is 2.82. The number of aliphatic hydroxyl groups excluding tert-OH is 1. The third-order valence-electron chi connectivity index (χ3n) is 3.86. The van der Waals surface area contributed by atoms with Gasteiger partial charge >= 0.3 is 0 Å². The number of rotatable bonds is 2. The predicted molar refractivity (Wildman–Crippen MR) is 77.7 cm³/mol. The van der Waals surface area contributed by atoms with Gasteiger partial charge in [-0.05, 0) is 30.2 Å². The molecule has 0 fully saturated rings. The predicted octanol–water partition coefficient (Wildman–Crippen LogP) is 2.40. The zero-order valence-electron chi connectivity index (χ0n) is 10.9. The molecule has 0 bridgehead atoms. The third kappa shape index (κ3) is 1.77. The van der Waals surface area contributed by atoms with Crippen LogP contribution in [0.15, 0.2) is 54.9 Å². The molecule has 100 valence electrons. The van der Waals surface area contributed by atoms with Crippen LogP contribution in [0.25, 0.3) is 5.65 Å². The molecular weight excluding hydrogens is 250 g/mol. The monoisotopic (exact) mass is 265 g/mol. The summed E-state index contributed by atoms with van der Waals surface area (Å²) in [5, 5.41) is 13.9. The Kier molecular flexibility index (Phi) is 2.50. The minimum absolute atomic E-state index is 0.0164. The van der Waals surface area contributed by atoms with Crippen LogP contribution in [-0.4, -0.2) is 20.5 Å². The second kappa shape index (κ2) is 4.35. The van der Waals surface area contributed by atoms with Gasteiger partial charge in [-0.25, -0.2) is 4.98 Å². The van der Waals surface area contributed by atoms with E-state index < -0.39 is 6.10 Å². The fourth-order valence-electron chi connectivity index (χ4n) is 2.82. The summed E-state index contributed by atoms with van der Waals surface area (Å²) in [4.78, 5) is 4.49. The number of para-hydroxylation sites is 1. The molecule has 4 rings (SSSR count). The maximum Gasteiger partial charge on any atom is 0.137 e. The maximum atomic E-state index is 10.6. The number of fused-ring (bicyclic) bond motifs is 2. The van der Waals surface area contributed by atoms with Crippen molar-refractivity contribution >= 4 is 11.3 Å². The average molecular weight is 265 g/mol. The number of anilines is 1. The average Bonchev–Trinajstić information content (AvgIpc) is 3.10. The Morgan fingerprint density at radius 2 is 2.05 bits per heavy atom. The van der Waals surface area contributed by atoms with Crippen molar-refractivity contribution in [1.29, 1.82) is 0 Å². The van der Waals surface area contributed by atoms with E-state index >= 15 is 0 Å². The van der Waals surface area contributed by atoms with Crippen LogP contribution in [0, 0.1) is 0 Å². The van der Waals surface area contributed by atoms with Gasteiger partial charge in [0.2, 0.25) is 0 Å². The van der Waals surface area contributed by atoms with Crippen LogP contribution >= 0.6 is 0 Å². The van der Waals surface area contributed by atoms with Crippen molar-refractivity contribution in [3.63, 3.8) is 0 Å². The van der Waals surface area contributed by atoms with Gasteiger partial charge in [0.1, 0.15) is 11.8 Å². The highest BCUT2D eigenvalue weighted by atomic mass is 16.3. The van der Waals surface area contributed by atoms with E-state index in [4.69, 9.17) is 0 Å². The van der Waals surface area contributed by atoms with Crippen LogP contribution in [0.3, 0.4) is 0 Å². The lowest BCUT2D eigenvalue weighted by Gasteiger charge is -2.16. The number of nitrogens with one attached hydrogen (secondary N) is 1. The van der Waals surface area contributed by atoms with E-state index in [0.717, 1.165) is 17.8 Å². The summed E-state index contributed by atoms with van der Waals surface area (Å²) in [6.07, 6.45) is 4.05. The molecule has 3 aromatic rings. The van der Waals surface area contributed by atoms with Crippen molar-refractivity contribution in [3.05, 3.63) is 66.1 Å². The molecule has 0 saturated heterocycles. The first-order valence-electron chi connectivity index (χ1n) is 6.77. The van der Waals surface area contributed by atoms with Gasteiger partial charge in [-0.15, -0.1) is 0 Å². The van der Waals surface area contributed by atoms with Crippen LogP contribution in [0.4, 0.5) is 5.69 Å². The van der Waals surface area contributed by atoms with Crippen molar-refractivity contribution in [2.24, 2.45) is 0 Å². The molecule has 2 N–H and O–H groups in total. The molecule has 20 heavy (non-hydrogen) atoms. The summed E-state index contributed by atoms with van der Waals surface area (Å²) < 4.78 is 1.93. The Balaban J connectivity index is 1.63. The summed E-state index contributed by atoms with van der Waals surface area (Å²) >= 11 is 0. The van der Waals surface area contributed by atoms with Crippen LogP contribution < -0.4 is 5.32 Å². The van der Waals surface area contributed by atoms with Gasteiger partial charge in [0.25, 0.3) is 0 Å². The topological polar surface area (TPSA) is 49.6 Å². The van der Waals surface area contributed by atoms with Crippen LogP contribution in [-0.2, 0) is 6.42 Å². The van der Waals surface area contributed by atoms with Gasteiger partial charge in [-0.2, -0.15) is 0 Å². The molecule has 2 unspecified atom stereocenters. The molecule has 0 saturated carbocycles. The largest absolute Gasteiger partial charge is 0.385 e. The lowest BCUT2D eigenvalue weighted by atomic mass is 10.0. The van der Waals surface area contributed by atoms with Gasteiger partial charge in [0.05, 0.1) is 11.7 Å². The molecule has 3 heterocycles. The molecule has 0 spiro atoms. The molecule has 0 amide bonds. The van der Waals surface area contributed by atoms with E-state index in [0.29, 0.717) is 5.69 Å². The molecule has 2 atom stereocenters. The minimum Gasteiger partial charge on any atom is -0.385 e. The molecule has 4 nitrogen and oxygen atoms in total. The zero-order valence-corrected chi connectivity index (χ0v) is 10.9. The fraction of sp³-hybridized carbons (Fsp3) is 0.188. The van der Waals surface area contributed by atoms with E-state index in [9.17, 15) is 5.11 Å². The van der Waals surface area contributed by atoms with Crippen molar-refractivity contribution in [2.45, 2.75) is 18.6 Å². The second-order valence-corrected chi connectivity index (χ2v) is 5.19. The number of benzene rings is 1. The number of imidazole rings is 1. The number of aliphatic hydroxyl groups is 1. The SMILES string of the molecule is OC(c1cn2ccccc2n1)C1Cc2ccccc2N1. The molecule has 4 heteroatoms. The molecule has 0 aliphatic carbocycles. The van der Waals surface area contributed by atoms with E-state index in [2.05, 4.69) is 16.4 Å². The molecule has 0 radical (unpaired) electrons. The lowest BCUT2D eigenvalue weighted by molar-refractivity contribution is 0.152. The van der Waals surface area contributed by atoms with Gasteiger partial charge in [0, 0.05) is 18.1 Å². The lowest BCUT2D eigenvalue weighted by Crippen LogP contribution is -2.25. The van der Waals surface area contributed by atoms with Gasteiger partial charge in [-0.3, -0.25) is 0 Å². The van der Waals surface area contributed by atoms with E-state index in [1.165, 1.54) is 5.56 Å². The number of hydrogen-bond donors (Lipinski definition) is 2. The van der Waals surface area contributed by atoms with E-state index in [1.807, 2.05) is 53.2 Å². The summed E-state index contributed by atoms with van der Waals surface area (Å²) in [5.74, 6) is 0. The number of nitrogens with zero attached hydrogens (tertiary/aromatic N) is 2. The summed E-state index contributed by atoms with van der Waals surface area (Å²) in [5.41, 5.74) is 3.93. The molecule has 1 aromatic carbocycles. The molecule has 1 aliphatic heterocycles. The van der Waals surface area contributed by atoms with Crippen LogP contribution in [0.2, 0.25) is 0 Å². The van der Waals surface area contributed by atoms with Crippen LogP contribution in [0.5, 0.6) is 0 Å². The maximum absolute atomic E-state index is 10.6. The van der Waals surface area contributed by atoms with Crippen molar-refractivity contribution in [3.8, 4) is 0 Å². The Labute approximate surface area is 116 Å². The first-order chi connectivity index (χ1) is 9.81. The van der Waals surface area contributed by atoms with Gasteiger partial charge in [0.15, 0.2) is 0 Å². The summed E-state index contributed by atoms with van der Waals surface area (Å²) in [6, 6.07) is 14.0. The highest BCUT2D eigenvalue weighted by Gasteiger charge is 2.29. The first-order valence-corrected chi connectivity index (χ1v) is 6.77. The normalized spacial score (nSPS) is 18.8. The van der Waals surface area contributed by atoms with Gasteiger partial charge < -0.3 is 14.8 Å². The summed E-state index contributed by atoms with van der Waals surface area (Å²) in [6.45, 7) is 0. The highest BCUT2D eigenvalue weighted by Crippen LogP contribution is 2.31. The standard InChI is InChI=1S/C16H15N3O/c20-16(13-9-11-5-1-2-6-12(11)17-13)14-10-19-8-4-3-7-15(19)18-14/h1-8,10,13,16-17,20H,9H2. The van der Waals surface area contributed by atoms with Crippen molar-refractivity contribution < 1.29 is 5.11 Å². The number of aromatic nitrogens is 2. The van der Waals surface area contributed by atoms with Gasteiger partial charge in [-0.1, -0.05) is 24.3 Å². The first kappa shape index (κ1) is 11.5. The Morgan fingerprint density at radius 3 is 2.90 bits per heavy atom. The molecular formula is C16H15N3O. The van der Waals surface area contributed by atoms with Crippen molar-refractivity contribution in [1.82, 2.24) is 9.38 Å².